The number of allylic oxidation sites excluding steroid dienone is 1. The van der Waals surface area contributed by atoms with Crippen LogP contribution in [0.15, 0.2) is 48.0 Å². The maximum atomic E-state index is 12.6. The quantitative estimate of drug-likeness (QED) is 0.131. The Morgan fingerprint density at radius 2 is 1.59 bits per heavy atom. The van der Waals surface area contributed by atoms with E-state index in [1.807, 2.05) is 12.1 Å². The van der Waals surface area contributed by atoms with E-state index in [9.17, 15) is 10.1 Å². The van der Waals surface area contributed by atoms with Crippen LogP contribution in [0.25, 0.3) is 12.2 Å². The van der Waals surface area contributed by atoms with Crippen LogP contribution in [0, 0.1) is 22.7 Å². The predicted molar refractivity (Wildman–Crippen MR) is 129 cm³/mol. The van der Waals surface area contributed by atoms with E-state index < -0.39 is 5.97 Å². The van der Waals surface area contributed by atoms with E-state index in [-0.39, 0.29) is 11.3 Å². The first kappa shape index (κ1) is 26.0. The highest BCUT2D eigenvalue weighted by Crippen LogP contribution is 2.31. The van der Waals surface area contributed by atoms with E-state index >= 15 is 0 Å². The average Bonchev–Trinajstić information content (AvgIpc) is 2.86. The van der Waals surface area contributed by atoms with Gasteiger partial charge in [-0.15, -0.1) is 0 Å². The zero-order chi connectivity index (χ0) is 24.8. The molecule has 0 spiro atoms. The van der Waals surface area contributed by atoms with Gasteiger partial charge >= 0.3 is 5.97 Å². The summed E-state index contributed by atoms with van der Waals surface area (Å²) in [5.74, 6) is 0.751. The van der Waals surface area contributed by atoms with E-state index in [1.54, 1.807) is 42.5 Å². The third-order valence-corrected chi connectivity index (χ3v) is 4.84. The van der Waals surface area contributed by atoms with E-state index in [1.165, 1.54) is 32.8 Å². The molecule has 0 saturated carbocycles. The number of methoxy groups -OCH3 is 2. The molecule has 0 heterocycles. The zero-order valence-electron chi connectivity index (χ0n) is 19.7. The summed E-state index contributed by atoms with van der Waals surface area (Å²) < 4.78 is 21.9. The lowest BCUT2D eigenvalue weighted by Gasteiger charge is -2.12. The Kier molecular flexibility index (Phi) is 10.7. The summed E-state index contributed by atoms with van der Waals surface area (Å²) in [4.78, 5) is 12.6. The second kappa shape index (κ2) is 14.0. The minimum absolute atomic E-state index is 0.159. The molecule has 7 nitrogen and oxygen atoms in total. The Morgan fingerprint density at radius 3 is 2.26 bits per heavy atom. The van der Waals surface area contributed by atoms with Crippen molar-refractivity contribution in [2.24, 2.45) is 0 Å². The number of nitriles is 2. The molecule has 176 valence electrons. The second-order valence-electron chi connectivity index (χ2n) is 7.25. The zero-order valence-corrected chi connectivity index (χ0v) is 19.7. The number of carbonyl (C=O) groups is 1. The molecule has 0 amide bonds. The molecular formula is C27H28N2O5. The smallest absolute Gasteiger partial charge is 0.354 e. The van der Waals surface area contributed by atoms with Gasteiger partial charge in [-0.25, -0.2) is 4.79 Å². The highest BCUT2D eigenvalue weighted by atomic mass is 16.6. The Bertz CT molecular complexity index is 1120. The fourth-order valence-corrected chi connectivity index (χ4v) is 3.07. The fourth-order valence-electron chi connectivity index (χ4n) is 3.07. The lowest BCUT2D eigenvalue weighted by molar-refractivity contribution is -0.129. The molecule has 0 aliphatic carbocycles. The van der Waals surface area contributed by atoms with Crippen LogP contribution in [0.5, 0.6) is 23.0 Å². The van der Waals surface area contributed by atoms with Gasteiger partial charge in [-0.3, -0.25) is 0 Å². The van der Waals surface area contributed by atoms with E-state index in [4.69, 9.17) is 24.2 Å². The molecule has 0 radical (unpaired) electrons. The lowest BCUT2D eigenvalue weighted by atomic mass is 10.1. The number of rotatable bonds is 12. The molecule has 0 aliphatic rings. The van der Waals surface area contributed by atoms with E-state index in [0.29, 0.717) is 35.0 Å². The van der Waals surface area contributed by atoms with Crippen LogP contribution >= 0.6 is 0 Å². The number of hydrogen-bond acceptors (Lipinski definition) is 7. The standard InChI is InChI=1S/C27H28N2O5/c1-4-5-6-7-15-33-23-12-11-21(18-25(23)31-2)16-22(19-29)27(30)34-24-13-10-20(9-8-14-28)17-26(24)32-3/h8-13,16-18H,4-7,15H2,1-3H3/b9-8-,22-16+. The van der Waals surface area contributed by atoms with Crippen molar-refractivity contribution in [3.8, 4) is 35.1 Å². The van der Waals surface area contributed by atoms with Crippen molar-refractivity contribution in [3.05, 3.63) is 59.2 Å². The van der Waals surface area contributed by atoms with Gasteiger partial charge < -0.3 is 18.9 Å². The summed E-state index contributed by atoms with van der Waals surface area (Å²) in [6, 6.07) is 13.8. The summed E-state index contributed by atoms with van der Waals surface area (Å²) in [7, 11) is 2.97. The normalized spacial score (nSPS) is 10.9. The van der Waals surface area contributed by atoms with Crippen LogP contribution in [-0.2, 0) is 4.79 Å². The van der Waals surface area contributed by atoms with Crippen molar-refractivity contribution in [2.75, 3.05) is 20.8 Å². The van der Waals surface area contributed by atoms with Gasteiger partial charge in [-0.05, 0) is 54.0 Å². The van der Waals surface area contributed by atoms with Gasteiger partial charge in [0.1, 0.15) is 11.6 Å². The third kappa shape index (κ3) is 7.72. The highest BCUT2D eigenvalue weighted by Gasteiger charge is 2.16. The largest absolute Gasteiger partial charge is 0.493 e. The van der Waals surface area contributed by atoms with Crippen LogP contribution in [-0.4, -0.2) is 26.8 Å². The Labute approximate surface area is 200 Å². The summed E-state index contributed by atoms with van der Waals surface area (Å²) in [6.07, 6.45) is 8.75. The molecule has 0 bridgehead atoms. The second-order valence-corrected chi connectivity index (χ2v) is 7.25. The molecule has 0 unspecified atom stereocenters. The van der Waals surface area contributed by atoms with Crippen LogP contribution in [0.2, 0.25) is 0 Å². The van der Waals surface area contributed by atoms with E-state index in [2.05, 4.69) is 6.92 Å². The van der Waals surface area contributed by atoms with Gasteiger partial charge in [0, 0.05) is 6.08 Å². The minimum Gasteiger partial charge on any atom is -0.493 e. The third-order valence-electron chi connectivity index (χ3n) is 4.84. The van der Waals surface area contributed by atoms with Crippen molar-refractivity contribution in [3.63, 3.8) is 0 Å². The molecule has 2 aromatic rings. The Hall–Kier alpha value is -4.23. The maximum absolute atomic E-state index is 12.6. The van der Waals surface area contributed by atoms with Crippen molar-refractivity contribution < 1.29 is 23.7 Å². The number of benzene rings is 2. The molecule has 0 aliphatic heterocycles. The van der Waals surface area contributed by atoms with Crippen LogP contribution in [0.4, 0.5) is 0 Å². The number of carbonyl (C=O) groups excluding carboxylic acids is 1. The Morgan fingerprint density at radius 1 is 0.912 bits per heavy atom. The number of hydrogen-bond donors (Lipinski definition) is 0. The van der Waals surface area contributed by atoms with Gasteiger partial charge in [-0.2, -0.15) is 10.5 Å². The van der Waals surface area contributed by atoms with Gasteiger partial charge in [0.15, 0.2) is 23.0 Å². The summed E-state index contributed by atoms with van der Waals surface area (Å²) in [5, 5.41) is 18.2. The molecule has 0 N–H and O–H groups in total. The SMILES string of the molecule is CCCCCCOc1ccc(/C=C(\C#N)C(=O)Oc2ccc(/C=C\C#N)cc2OC)cc1OC. The number of nitrogens with zero attached hydrogens (tertiary/aromatic N) is 2. The monoisotopic (exact) mass is 460 g/mol. The number of unbranched alkanes of at least 4 members (excludes halogenated alkanes) is 3. The van der Waals surface area contributed by atoms with Crippen molar-refractivity contribution in [1.29, 1.82) is 10.5 Å². The summed E-state index contributed by atoms with van der Waals surface area (Å²) in [5.41, 5.74) is 1.10. The van der Waals surface area contributed by atoms with Crippen LogP contribution in [0.1, 0.15) is 43.7 Å². The minimum atomic E-state index is -0.823. The topological polar surface area (TPSA) is 102 Å². The average molecular weight is 461 g/mol. The first-order chi connectivity index (χ1) is 16.6. The maximum Gasteiger partial charge on any atom is 0.354 e. The molecular weight excluding hydrogens is 432 g/mol. The Balaban J connectivity index is 2.16. The summed E-state index contributed by atoms with van der Waals surface area (Å²) >= 11 is 0. The van der Waals surface area contributed by atoms with Crippen molar-refractivity contribution in [2.45, 2.75) is 32.6 Å². The van der Waals surface area contributed by atoms with Crippen molar-refractivity contribution in [1.82, 2.24) is 0 Å². The molecule has 0 fully saturated rings. The molecule has 7 heteroatoms. The molecule has 2 rings (SSSR count). The van der Waals surface area contributed by atoms with Crippen LogP contribution < -0.4 is 18.9 Å². The van der Waals surface area contributed by atoms with Gasteiger partial charge in [-0.1, -0.05) is 38.3 Å². The van der Waals surface area contributed by atoms with Crippen LogP contribution in [0.3, 0.4) is 0 Å². The van der Waals surface area contributed by atoms with Gasteiger partial charge in [0.2, 0.25) is 0 Å². The number of esters is 1. The number of ether oxygens (including phenoxy) is 4. The first-order valence-electron chi connectivity index (χ1n) is 10.9. The first-order valence-corrected chi connectivity index (χ1v) is 10.9. The predicted octanol–water partition coefficient (Wildman–Crippen LogP) is 5.71. The summed E-state index contributed by atoms with van der Waals surface area (Å²) in [6.45, 7) is 2.75. The fraction of sp³-hybridized carbons (Fsp3) is 0.296. The van der Waals surface area contributed by atoms with E-state index in [0.717, 1.165) is 19.3 Å². The lowest BCUT2D eigenvalue weighted by Crippen LogP contribution is -2.11. The molecule has 2 aromatic carbocycles. The molecule has 34 heavy (non-hydrogen) atoms. The highest BCUT2D eigenvalue weighted by molar-refractivity contribution is 5.99. The molecule has 0 saturated heterocycles. The molecule has 0 aromatic heterocycles. The van der Waals surface area contributed by atoms with Gasteiger partial charge in [0.25, 0.3) is 0 Å². The van der Waals surface area contributed by atoms with Crippen molar-refractivity contribution >= 4 is 18.1 Å². The molecule has 0 atom stereocenters. The van der Waals surface area contributed by atoms with Gasteiger partial charge in [0.05, 0.1) is 26.9 Å².